The van der Waals surface area contributed by atoms with Crippen LogP contribution in [-0.4, -0.2) is 90.8 Å². The summed E-state index contributed by atoms with van der Waals surface area (Å²) in [6.07, 6.45) is 5.40. The summed E-state index contributed by atoms with van der Waals surface area (Å²) in [4.78, 5) is 25.3. The zero-order chi connectivity index (χ0) is 23.4. The minimum absolute atomic E-state index is 0.0219. The molecule has 0 radical (unpaired) electrons. The van der Waals surface area contributed by atoms with Gasteiger partial charge in [0.25, 0.3) is 0 Å². The van der Waals surface area contributed by atoms with E-state index in [1.165, 1.54) is 16.8 Å². The van der Waals surface area contributed by atoms with E-state index in [0.29, 0.717) is 48.4 Å². The van der Waals surface area contributed by atoms with Crippen molar-refractivity contribution in [2.45, 2.75) is 19.9 Å². The predicted molar refractivity (Wildman–Crippen MR) is 116 cm³/mol. The van der Waals surface area contributed by atoms with Crippen LogP contribution in [0.1, 0.15) is 13.8 Å². The number of methoxy groups -OCH3 is 1. The molecule has 1 N–H and O–H groups in total. The average molecular weight is 455 g/mol. The topological polar surface area (TPSA) is 145 Å². The lowest BCUT2D eigenvalue weighted by Gasteiger charge is -2.41. The Balaban J connectivity index is 1.57. The van der Waals surface area contributed by atoms with Crippen molar-refractivity contribution in [1.82, 2.24) is 40.1 Å². The standard InChI is InChI=1S/C20H25N9O4/c1-13(2)16-11-27(6-7-28(16)20(30)31)19-22-10-15(25-26-19)18-17(33-12-32-3)8-14(9-21-18)29-23-4-5-24-29/h4-5,8-10,13,16H,6-7,11-12H2,1-3H3,(H,30,31). The largest absolute Gasteiger partial charge is 0.465 e. The van der Waals surface area contributed by atoms with E-state index in [9.17, 15) is 9.90 Å². The number of carbonyl (C=O) groups is 1. The van der Waals surface area contributed by atoms with Crippen LogP contribution in [0.5, 0.6) is 5.75 Å². The molecule has 4 rings (SSSR count). The van der Waals surface area contributed by atoms with E-state index in [0.717, 1.165) is 0 Å². The van der Waals surface area contributed by atoms with Gasteiger partial charge in [0, 0.05) is 32.8 Å². The van der Waals surface area contributed by atoms with Gasteiger partial charge >= 0.3 is 6.09 Å². The quantitative estimate of drug-likeness (QED) is 0.515. The van der Waals surface area contributed by atoms with E-state index in [-0.39, 0.29) is 18.8 Å². The van der Waals surface area contributed by atoms with Crippen molar-refractivity contribution in [3.05, 3.63) is 30.9 Å². The molecule has 1 unspecified atom stereocenters. The molecule has 1 fully saturated rings. The van der Waals surface area contributed by atoms with Crippen molar-refractivity contribution >= 4 is 12.0 Å². The third kappa shape index (κ3) is 4.82. The van der Waals surface area contributed by atoms with Gasteiger partial charge in [-0.3, -0.25) is 0 Å². The molecule has 33 heavy (non-hydrogen) atoms. The Hall–Kier alpha value is -3.87. The SMILES string of the molecule is COCOc1cc(-n2nccn2)cnc1-c1cnc(N2CCN(C(=O)O)C(C(C)C)C2)nn1. The van der Waals surface area contributed by atoms with Crippen molar-refractivity contribution in [1.29, 1.82) is 0 Å². The number of nitrogens with zero attached hydrogens (tertiary/aromatic N) is 9. The predicted octanol–water partition coefficient (Wildman–Crippen LogP) is 1.32. The fourth-order valence-corrected chi connectivity index (χ4v) is 3.64. The molecule has 1 saturated heterocycles. The summed E-state index contributed by atoms with van der Waals surface area (Å²) in [5.74, 6) is 1.01. The average Bonchev–Trinajstić information content (AvgIpc) is 3.37. The molecule has 0 bridgehead atoms. The Labute approximate surface area is 190 Å². The molecule has 1 amide bonds. The summed E-state index contributed by atoms with van der Waals surface area (Å²) in [6.45, 7) is 5.39. The van der Waals surface area contributed by atoms with E-state index in [1.807, 2.05) is 18.7 Å². The maximum atomic E-state index is 11.5. The molecule has 1 aliphatic rings. The molecule has 1 aliphatic heterocycles. The molecule has 174 valence electrons. The first kappa shape index (κ1) is 22.3. The number of pyridine rings is 1. The van der Waals surface area contributed by atoms with Crippen LogP contribution >= 0.6 is 0 Å². The van der Waals surface area contributed by atoms with Crippen LogP contribution in [0.25, 0.3) is 17.1 Å². The minimum atomic E-state index is -0.911. The summed E-state index contributed by atoms with van der Waals surface area (Å²) in [5.41, 5.74) is 1.49. The Morgan fingerprint density at radius 3 is 2.61 bits per heavy atom. The summed E-state index contributed by atoms with van der Waals surface area (Å²) in [6, 6.07) is 1.58. The third-order valence-corrected chi connectivity index (χ3v) is 5.33. The lowest BCUT2D eigenvalue weighted by atomic mass is 10.0. The summed E-state index contributed by atoms with van der Waals surface area (Å²) in [5, 5.41) is 26.3. The van der Waals surface area contributed by atoms with E-state index < -0.39 is 6.09 Å². The number of ether oxygens (including phenoxy) is 2. The third-order valence-electron chi connectivity index (χ3n) is 5.33. The van der Waals surface area contributed by atoms with Crippen LogP contribution in [0.15, 0.2) is 30.9 Å². The van der Waals surface area contributed by atoms with Gasteiger partial charge in [-0.15, -0.1) is 15.0 Å². The number of carboxylic acid groups (broad SMARTS) is 1. The van der Waals surface area contributed by atoms with Gasteiger partial charge < -0.3 is 24.4 Å². The van der Waals surface area contributed by atoms with Crippen molar-refractivity contribution in [2.75, 3.05) is 38.4 Å². The summed E-state index contributed by atoms with van der Waals surface area (Å²) >= 11 is 0. The van der Waals surface area contributed by atoms with Gasteiger partial charge in [0.05, 0.1) is 30.8 Å². The molecule has 0 aliphatic carbocycles. The highest BCUT2D eigenvalue weighted by atomic mass is 16.7. The fourth-order valence-electron chi connectivity index (χ4n) is 3.64. The van der Waals surface area contributed by atoms with Gasteiger partial charge in [0.1, 0.15) is 17.1 Å². The molecular formula is C20H25N9O4. The number of hydrogen-bond acceptors (Lipinski definition) is 10. The molecule has 0 aromatic carbocycles. The zero-order valence-electron chi connectivity index (χ0n) is 18.6. The van der Waals surface area contributed by atoms with Gasteiger partial charge in [-0.05, 0) is 5.92 Å². The van der Waals surface area contributed by atoms with Crippen LogP contribution in [-0.2, 0) is 4.74 Å². The number of aromatic nitrogens is 7. The van der Waals surface area contributed by atoms with Crippen molar-refractivity contribution in [3.63, 3.8) is 0 Å². The Bertz CT molecular complexity index is 1080. The van der Waals surface area contributed by atoms with Crippen molar-refractivity contribution < 1.29 is 19.4 Å². The molecule has 0 saturated carbocycles. The number of anilines is 1. The van der Waals surface area contributed by atoms with Gasteiger partial charge in [0.2, 0.25) is 5.95 Å². The van der Waals surface area contributed by atoms with E-state index in [2.05, 4.69) is 30.4 Å². The highest BCUT2D eigenvalue weighted by Gasteiger charge is 2.33. The Kier molecular flexibility index (Phi) is 6.58. The molecule has 1 atom stereocenters. The highest BCUT2D eigenvalue weighted by molar-refractivity contribution is 5.66. The highest BCUT2D eigenvalue weighted by Crippen LogP contribution is 2.28. The minimum Gasteiger partial charge on any atom is -0.465 e. The van der Waals surface area contributed by atoms with Crippen molar-refractivity contribution in [3.8, 4) is 22.8 Å². The van der Waals surface area contributed by atoms with Gasteiger partial charge in [-0.25, -0.2) is 14.8 Å². The van der Waals surface area contributed by atoms with Gasteiger partial charge in [-0.2, -0.15) is 10.2 Å². The number of rotatable bonds is 7. The number of hydrogen-bond donors (Lipinski definition) is 1. The van der Waals surface area contributed by atoms with Gasteiger partial charge in [0.15, 0.2) is 12.5 Å². The van der Waals surface area contributed by atoms with Crippen LogP contribution in [0, 0.1) is 5.92 Å². The number of amides is 1. The second kappa shape index (κ2) is 9.73. The maximum absolute atomic E-state index is 11.5. The maximum Gasteiger partial charge on any atom is 0.407 e. The lowest BCUT2D eigenvalue weighted by Crippen LogP contribution is -2.57. The number of piperazine rings is 1. The molecule has 3 aromatic heterocycles. The molecule has 13 heteroatoms. The smallest absolute Gasteiger partial charge is 0.407 e. The van der Waals surface area contributed by atoms with Crippen LogP contribution in [0.2, 0.25) is 0 Å². The monoisotopic (exact) mass is 455 g/mol. The first-order valence-corrected chi connectivity index (χ1v) is 10.4. The first-order chi connectivity index (χ1) is 16.0. The molecular weight excluding hydrogens is 430 g/mol. The molecule has 13 nitrogen and oxygen atoms in total. The summed E-state index contributed by atoms with van der Waals surface area (Å²) < 4.78 is 10.7. The van der Waals surface area contributed by atoms with E-state index >= 15 is 0 Å². The van der Waals surface area contributed by atoms with Crippen LogP contribution < -0.4 is 9.64 Å². The van der Waals surface area contributed by atoms with Gasteiger partial charge in [-0.1, -0.05) is 13.8 Å². The molecule has 4 heterocycles. The van der Waals surface area contributed by atoms with Crippen molar-refractivity contribution in [2.24, 2.45) is 5.92 Å². The second-order valence-corrected chi connectivity index (χ2v) is 7.79. The van der Waals surface area contributed by atoms with E-state index in [4.69, 9.17) is 9.47 Å². The van der Waals surface area contributed by atoms with Crippen LogP contribution in [0.3, 0.4) is 0 Å². The Morgan fingerprint density at radius 2 is 1.97 bits per heavy atom. The summed E-state index contributed by atoms with van der Waals surface area (Å²) in [7, 11) is 1.52. The lowest BCUT2D eigenvalue weighted by molar-refractivity contribution is 0.0513. The first-order valence-electron chi connectivity index (χ1n) is 10.4. The Morgan fingerprint density at radius 1 is 1.18 bits per heavy atom. The zero-order valence-corrected chi connectivity index (χ0v) is 18.6. The molecule has 0 spiro atoms. The molecule has 3 aromatic rings. The normalized spacial score (nSPS) is 16.3. The van der Waals surface area contributed by atoms with Crippen LogP contribution in [0.4, 0.5) is 10.7 Å². The second-order valence-electron chi connectivity index (χ2n) is 7.79. The van der Waals surface area contributed by atoms with E-state index in [1.54, 1.807) is 30.9 Å². The fraction of sp³-hybridized carbons (Fsp3) is 0.450.